The molecule has 1 aromatic carbocycles. The molecule has 2 amide bonds. The molecule has 11 nitrogen and oxygen atoms in total. The summed E-state index contributed by atoms with van der Waals surface area (Å²) in [6.07, 6.45) is 2.77. The molecule has 0 aromatic heterocycles. The summed E-state index contributed by atoms with van der Waals surface area (Å²) in [4.78, 5) is 47.0. The molecule has 0 spiro atoms. The Hall–Kier alpha value is -4.20. The van der Waals surface area contributed by atoms with Crippen LogP contribution in [0, 0.1) is 17.2 Å². The molecule has 35 heavy (non-hydrogen) atoms. The van der Waals surface area contributed by atoms with E-state index in [1.807, 2.05) is 0 Å². The first-order valence-electron chi connectivity index (χ1n) is 11.0. The third-order valence-electron chi connectivity index (χ3n) is 5.79. The Labute approximate surface area is 202 Å². The van der Waals surface area contributed by atoms with Crippen LogP contribution in [-0.2, 0) is 14.3 Å². The number of rotatable bonds is 4. The Morgan fingerprint density at radius 3 is 2.57 bits per heavy atom. The highest BCUT2D eigenvalue weighted by Gasteiger charge is 2.56. The highest BCUT2D eigenvalue weighted by atomic mass is 16.6. The number of carbonyl (C=O) groups excluding carboxylic acids is 3. The van der Waals surface area contributed by atoms with Gasteiger partial charge in [0.2, 0.25) is 0 Å². The Bertz CT molecular complexity index is 1180. The molecular weight excluding hydrogens is 452 g/mol. The van der Waals surface area contributed by atoms with Gasteiger partial charge in [-0.1, -0.05) is 0 Å². The second-order valence-corrected chi connectivity index (χ2v) is 9.52. The molecule has 0 bridgehead atoms. The quantitative estimate of drug-likeness (QED) is 0.651. The molecule has 4 rings (SSSR count). The van der Waals surface area contributed by atoms with E-state index < -0.39 is 35.0 Å². The van der Waals surface area contributed by atoms with Crippen LogP contribution >= 0.6 is 0 Å². The maximum absolute atomic E-state index is 12.7. The van der Waals surface area contributed by atoms with Crippen molar-refractivity contribution in [1.29, 1.82) is 5.26 Å². The van der Waals surface area contributed by atoms with E-state index in [2.05, 4.69) is 21.5 Å². The molecule has 2 fully saturated rings. The smallest absolute Gasteiger partial charge is 0.410 e. The van der Waals surface area contributed by atoms with Gasteiger partial charge in [0.15, 0.2) is 0 Å². The van der Waals surface area contributed by atoms with Crippen LogP contribution in [-0.4, -0.2) is 71.3 Å². The number of likely N-dealkylation sites (tertiary alicyclic amines) is 1. The Kier molecular flexibility index (Phi) is 6.06. The van der Waals surface area contributed by atoms with Crippen molar-refractivity contribution < 1.29 is 23.9 Å². The van der Waals surface area contributed by atoms with Gasteiger partial charge in [0, 0.05) is 6.21 Å². The van der Waals surface area contributed by atoms with E-state index in [-0.39, 0.29) is 19.5 Å². The molecule has 1 aromatic rings. The molecule has 0 saturated carbocycles. The lowest BCUT2D eigenvalue weighted by molar-refractivity contribution is -0.119. The minimum Gasteiger partial charge on any atom is -0.465 e. The Balaban J connectivity index is 1.61. The number of aliphatic imine (C=N–C) groups is 2. The van der Waals surface area contributed by atoms with Crippen LogP contribution in [0.5, 0.6) is 0 Å². The lowest BCUT2D eigenvalue weighted by atomic mass is 9.85. The van der Waals surface area contributed by atoms with Crippen molar-refractivity contribution in [1.82, 2.24) is 15.3 Å². The number of dihydropyridines is 1. The third kappa shape index (κ3) is 4.59. The van der Waals surface area contributed by atoms with Crippen molar-refractivity contribution in [2.75, 3.05) is 20.2 Å². The van der Waals surface area contributed by atoms with E-state index in [4.69, 9.17) is 9.47 Å². The van der Waals surface area contributed by atoms with Gasteiger partial charge in [-0.15, -0.1) is 0 Å². The number of hydrogen-bond acceptors (Lipinski definition) is 8. The summed E-state index contributed by atoms with van der Waals surface area (Å²) < 4.78 is 10.2. The maximum Gasteiger partial charge on any atom is 0.410 e. The molecule has 3 aliphatic heterocycles. The maximum atomic E-state index is 12.7. The number of benzene rings is 1. The monoisotopic (exact) mass is 478 g/mol. The van der Waals surface area contributed by atoms with Crippen LogP contribution < -0.4 is 5.43 Å². The molecule has 3 aliphatic rings. The van der Waals surface area contributed by atoms with E-state index in [9.17, 15) is 19.6 Å². The second kappa shape index (κ2) is 8.87. The zero-order valence-electron chi connectivity index (χ0n) is 19.9. The molecule has 1 unspecified atom stereocenters. The van der Waals surface area contributed by atoms with Crippen molar-refractivity contribution in [2.24, 2.45) is 15.9 Å². The normalized spacial score (nSPS) is 21.5. The number of ether oxygens (including phenoxy) is 2. The molecule has 1 N–H and O–H groups in total. The molecule has 11 heteroatoms. The van der Waals surface area contributed by atoms with Crippen LogP contribution in [0.25, 0.3) is 0 Å². The first-order chi connectivity index (χ1) is 16.6. The number of fused-ring (bicyclic) bond motifs is 1. The van der Waals surface area contributed by atoms with Gasteiger partial charge in [-0.3, -0.25) is 15.2 Å². The third-order valence-corrected chi connectivity index (χ3v) is 5.79. The number of nitrogens with zero attached hydrogens (tertiary/aromatic N) is 5. The fraction of sp³-hybridized carbons (Fsp3) is 0.417. The second-order valence-electron chi connectivity index (χ2n) is 9.52. The van der Waals surface area contributed by atoms with E-state index in [1.165, 1.54) is 18.2 Å². The van der Waals surface area contributed by atoms with Gasteiger partial charge in [0.05, 0.1) is 49.6 Å². The highest BCUT2D eigenvalue weighted by molar-refractivity contribution is 6.12. The van der Waals surface area contributed by atoms with E-state index in [0.717, 1.165) is 0 Å². The van der Waals surface area contributed by atoms with Crippen LogP contribution in [0.4, 0.5) is 10.5 Å². The number of methoxy groups -OCH3 is 1. The summed E-state index contributed by atoms with van der Waals surface area (Å²) in [6.45, 7) is 5.84. The van der Waals surface area contributed by atoms with E-state index in [0.29, 0.717) is 22.8 Å². The van der Waals surface area contributed by atoms with Crippen molar-refractivity contribution in [3.8, 4) is 6.07 Å². The average molecular weight is 479 g/mol. The first-order valence-corrected chi connectivity index (χ1v) is 11.0. The number of nitriles is 1. The standard InChI is InChI=1S/C24H26N6O5/c1-23(2,3)35-22(33)29-13-24(14-29,10-11-25)30-17-9-12-26-20(31)18(17)19(28-30)27-16-7-5-15(6-8-16)21(32)34-4/h5-9,12,18H,10,13-14H2,1-4H3,(H,27,28). The van der Waals surface area contributed by atoms with Gasteiger partial charge in [-0.05, 0) is 51.1 Å². The summed E-state index contributed by atoms with van der Waals surface area (Å²) in [6, 6.07) is 8.64. The Morgan fingerprint density at radius 1 is 1.29 bits per heavy atom. The zero-order valence-corrected chi connectivity index (χ0v) is 19.9. The van der Waals surface area contributed by atoms with Crippen molar-refractivity contribution in [2.45, 2.75) is 38.3 Å². The number of nitrogens with one attached hydrogen (secondary N) is 1. The largest absolute Gasteiger partial charge is 0.465 e. The number of hydrogen-bond donors (Lipinski definition) is 1. The minimum atomic E-state index is -0.772. The highest BCUT2D eigenvalue weighted by Crippen LogP contribution is 2.40. The number of hydrazine groups is 1. The molecule has 0 radical (unpaired) electrons. The summed E-state index contributed by atoms with van der Waals surface area (Å²) in [5.41, 5.74) is 3.28. The average Bonchev–Trinajstić information content (AvgIpc) is 3.14. The predicted molar refractivity (Wildman–Crippen MR) is 126 cm³/mol. The van der Waals surface area contributed by atoms with E-state index in [1.54, 1.807) is 56.1 Å². The first kappa shape index (κ1) is 23.9. The van der Waals surface area contributed by atoms with Crippen LogP contribution in [0.3, 0.4) is 0 Å². The van der Waals surface area contributed by atoms with Crippen LogP contribution in [0.1, 0.15) is 37.6 Å². The Morgan fingerprint density at radius 2 is 1.97 bits per heavy atom. The van der Waals surface area contributed by atoms with Crippen LogP contribution in [0.2, 0.25) is 0 Å². The van der Waals surface area contributed by atoms with Gasteiger partial charge >= 0.3 is 12.1 Å². The van der Waals surface area contributed by atoms with Crippen molar-refractivity contribution >= 4 is 35.7 Å². The van der Waals surface area contributed by atoms with Crippen LogP contribution in [0.15, 0.2) is 46.0 Å². The number of amidine groups is 1. The van der Waals surface area contributed by atoms with Gasteiger partial charge < -0.3 is 14.4 Å². The summed E-state index contributed by atoms with van der Waals surface area (Å²) in [5, 5.41) is 11.3. The number of carbonyl (C=O) groups is 3. The number of esters is 1. The van der Waals surface area contributed by atoms with Crippen molar-refractivity contribution in [3.05, 3.63) is 41.6 Å². The molecule has 1 atom stereocenters. The number of amides is 2. The lowest BCUT2D eigenvalue weighted by Gasteiger charge is -2.53. The van der Waals surface area contributed by atoms with Gasteiger partial charge in [0.1, 0.15) is 22.9 Å². The fourth-order valence-electron chi connectivity index (χ4n) is 4.20. The molecule has 2 saturated heterocycles. The fourth-order valence-corrected chi connectivity index (χ4v) is 4.20. The molecule has 3 heterocycles. The zero-order chi connectivity index (χ0) is 25.4. The SMILES string of the molecule is COC(=O)c1ccc(N=C2NN(C3(CC#N)CN(C(=O)OC(C)(C)C)C3)C3=CC=NC(=O)C32)cc1. The van der Waals surface area contributed by atoms with Crippen molar-refractivity contribution in [3.63, 3.8) is 0 Å². The molecule has 182 valence electrons. The number of allylic oxidation sites excluding steroid dienone is 1. The topological polar surface area (TPSA) is 137 Å². The van der Waals surface area contributed by atoms with Gasteiger partial charge in [-0.2, -0.15) is 5.26 Å². The summed E-state index contributed by atoms with van der Waals surface area (Å²) in [7, 11) is 1.30. The van der Waals surface area contributed by atoms with Gasteiger partial charge in [-0.25, -0.2) is 19.6 Å². The lowest BCUT2D eigenvalue weighted by Crippen LogP contribution is -2.72. The summed E-state index contributed by atoms with van der Waals surface area (Å²) >= 11 is 0. The molecular formula is C24H26N6O5. The van der Waals surface area contributed by atoms with Gasteiger partial charge in [0.25, 0.3) is 5.91 Å². The van der Waals surface area contributed by atoms with E-state index >= 15 is 0 Å². The predicted octanol–water partition coefficient (Wildman–Crippen LogP) is 2.34. The summed E-state index contributed by atoms with van der Waals surface area (Å²) in [5.74, 6) is -1.28. The minimum absolute atomic E-state index is 0.107. The molecule has 0 aliphatic carbocycles.